The maximum atomic E-state index is 5.24. The van der Waals surface area contributed by atoms with Crippen LogP contribution in [0, 0.1) is 0 Å². The van der Waals surface area contributed by atoms with Gasteiger partial charge in [-0.05, 0) is 30.3 Å². The molecule has 30 heavy (non-hydrogen) atoms. The van der Waals surface area contributed by atoms with Crippen molar-refractivity contribution < 1.29 is 4.42 Å². The van der Waals surface area contributed by atoms with E-state index in [1.807, 2.05) is 30.3 Å². The van der Waals surface area contributed by atoms with Gasteiger partial charge in [-0.3, -0.25) is 15.1 Å². The molecular weight excluding hydrogens is 378 g/mol. The zero-order chi connectivity index (χ0) is 19.9. The van der Waals surface area contributed by atoms with Crippen LogP contribution in [-0.2, 0) is 0 Å². The van der Waals surface area contributed by atoms with Crippen molar-refractivity contribution in [2.75, 3.05) is 6.54 Å². The summed E-state index contributed by atoms with van der Waals surface area (Å²) in [4.78, 5) is 21.2. The fourth-order valence-electron chi connectivity index (χ4n) is 3.64. The zero-order valence-corrected chi connectivity index (χ0v) is 15.7. The number of aromatic nitrogens is 5. The molecule has 8 heteroatoms. The van der Waals surface area contributed by atoms with Gasteiger partial charge in [0.2, 0.25) is 0 Å². The van der Waals surface area contributed by atoms with Gasteiger partial charge in [-0.2, -0.15) is 5.10 Å². The molecule has 0 atom stereocenters. The Bertz CT molecular complexity index is 1470. The Hall–Kier alpha value is -4.33. The van der Waals surface area contributed by atoms with Crippen LogP contribution >= 0.6 is 0 Å². The van der Waals surface area contributed by atoms with Crippen LogP contribution in [0.4, 0.5) is 0 Å². The molecule has 0 bridgehead atoms. The Labute approximate surface area is 170 Å². The monoisotopic (exact) mass is 393 g/mol. The topological polar surface area (TPSA) is 108 Å². The summed E-state index contributed by atoms with van der Waals surface area (Å²) >= 11 is 0. The summed E-state index contributed by atoms with van der Waals surface area (Å²) in [5.74, 6) is 0.651. The molecule has 1 aliphatic heterocycles. The van der Waals surface area contributed by atoms with E-state index in [-0.39, 0.29) is 0 Å². The third-order valence-electron chi connectivity index (χ3n) is 5.08. The molecule has 0 unspecified atom stereocenters. The summed E-state index contributed by atoms with van der Waals surface area (Å²) in [5.41, 5.74) is 6.95. The summed E-state index contributed by atoms with van der Waals surface area (Å²) in [7, 11) is 0. The number of rotatable bonds is 3. The van der Waals surface area contributed by atoms with Gasteiger partial charge in [-0.1, -0.05) is 6.07 Å². The number of pyridine rings is 1. The average Bonchev–Trinajstić information content (AvgIpc) is 3.49. The SMILES string of the molecule is C1=NCC=C(c2ccc3[nH]nc(-c4nc5nccc(-c6ccoc6)c5[nH]4)c3c2)N=C1. The first-order valence-electron chi connectivity index (χ1n) is 9.45. The summed E-state index contributed by atoms with van der Waals surface area (Å²) in [5, 5.41) is 8.55. The molecule has 6 rings (SSSR count). The van der Waals surface area contributed by atoms with Crippen molar-refractivity contribution in [1.82, 2.24) is 25.1 Å². The molecule has 1 aliphatic rings. The molecule has 1 aromatic carbocycles. The van der Waals surface area contributed by atoms with Crippen LogP contribution in [0.1, 0.15) is 5.56 Å². The lowest BCUT2D eigenvalue weighted by atomic mass is 10.1. The van der Waals surface area contributed by atoms with Gasteiger partial charge in [0.15, 0.2) is 11.5 Å². The highest BCUT2D eigenvalue weighted by molar-refractivity contribution is 6.17. The van der Waals surface area contributed by atoms with Crippen molar-refractivity contribution in [3.63, 3.8) is 0 Å². The summed E-state index contributed by atoms with van der Waals surface area (Å²) < 4.78 is 5.24. The highest BCUT2D eigenvalue weighted by Gasteiger charge is 2.16. The lowest BCUT2D eigenvalue weighted by Crippen LogP contribution is -1.85. The second kappa shape index (κ2) is 6.63. The van der Waals surface area contributed by atoms with Gasteiger partial charge in [-0.15, -0.1) is 0 Å². The van der Waals surface area contributed by atoms with Crippen LogP contribution in [0.3, 0.4) is 0 Å². The van der Waals surface area contributed by atoms with E-state index in [4.69, 9.17) is 4.42 Å². The first kappa shape index (κ1) is 16.6. The van der Waals surface area contributed by atoms with Gasteiger partial charge in [0.1, 0.15) is 5.69 Å². The van der Waals surface area contributed by atoms with Gasteiger partial charge in [0.25, 0.3) is 0 Å². The lowest BCUT2D eigenvalue weighted by molar-refractivity contribution is 0.568. The van der Waals surface area contributed by atoms with Crippen molar-refractivity contribution >= 4 is 40.2 Å². The molecule has 8 nitrogen and oxygen atoms in total. The van der Waals surface area contributed by atoms with E-state index < -0.39 is 0 Å². The minimum absolute atomic E-state index is 0.609. The molecule has 0 fully saturated rings. The molecule has 0 aliphatic carbocycles. The molecular formula is C22H15N7O. The second-order valence-electron chi connectivity index (χ2n) is 6.87. The number of furan rings is 1. The molecule has 0 saturated heterocycles. The van der Waals surface area contributed by atoms with Crippen molar-refractivity contribution in [2.24, 2.45) is 9.98 Å². The number of aliphatic imine (C=N–C) groups is 2. The van der Waals surface area contributed by atoms with Crippen LogP contribution in [0.15, 0.2) is 69.5 Å². The number of benzene rings is 1. The Morgan fingerprint density at radius 3 is 2.97 bits per heavy atom. The first-order chi connectivity index (χ1) is 14.9. The predicted molar refractivity (Wildman–Crippen MR) is 117 cm³/mol. The predicted octanol–water partition coefficient (Wildman–Crippen LogP) is 4.26. The fourth-order valence-corrected chi connectivity index (χ4v) is 3.64. The number of fused-ring (bicyclic) bond motifs is 2. The Kier molecular flexibility index (Phi) is 3.67. The number of hydrogen-bond donors (Lipinski definition) is 2. The van der Waals surface area contributed by atoms with E-state index in [0.717, 1.165) is 44.5 Å². The molecule has 0 saturated carbocycles. The molecule has 144 valence electrons. The van der Waals surface area contributed by atoms with Crippen LogP contribution in [0.25, 0.3) is 50.4 Å². The highest BCUT2D eigenvalue weighted by atomic mass is 16.3. The Morgan fingerprint density at radius 2 is 2.03 bits per heavy atom. The molecule has 0 amide bonds. The molecule has 0 spiro atoms. The molecule has 0 radical (unpaired) electrons. The van der Waals surface area contributed by atoms with E-state index in [2.05, 4.69) is 41.2 Å². The number of H-pyrrole nitrogens is 2. The third-order valence-corrected chi connectivity index (χ3v) is 5.08. The number of aromatic amines is 2. The van der Waals surface area contributed by atoms with Crippen molar-refractivity contribution in [3.8, 4) is 22.6 Å². The van der Waals surface area contributed by atoms with E-state index in [1.165, 1.54) is 0 Å². The van der Waals surface area contributed by atoms with Crippen molar-refractivity contribution in [2.45, 2.75) is 0 Å². The smallest absolute Gasteiger partial charge is 0.178 e. The minimum Gasteiger partial charge on any atom is -0.472 e. The van der Waals surface area contributed by atoms with Crippen LogP contribution in [0.5, 0.6) is 0 Å². The molecule has 5 heterocycles. The maximum absolute atomic E-state index is 5.24. The first-order valence-corrected chi connectivity index (χ1v) is 9.45. The van der Waals surface area contributed by atoms with Gasteiger partial charge in [-0.25, -0.2) is 9.97 Å². The lowest BCUT2D eigenvalue weighted by Gasteiger charge is -2.02. The van der Waals surface area contributed by atoms with Gasteiger partial charge in [0.05, 0.1) is 35.8 Å². The second-order valence-corrected chi connectivity index (χ2v) is 6.87. The molecule has 5 aromatic rings. The van der Waals surface area contributed by atoms with Gasteiger partial charge in [0, 0.05) is 40.7 Å². The quantitative estimate of drug-likeness (QED) is 0.477. The average molecular weight is 393 g/mol. The summed E-state index contributed by atoms with van der Waals surface area (Å²) in [6, 6.07) is 9.95. The maximum Gasteiger partial charge on any atom is 0.178 e. The normalized spacial score (nSPS) is 13.8. The van der Waals surface area contributed by atoms with Crippen molar-refractivity contribution in [3.05, 3.63) is 60.7 Å². The van der Waals surface area contributed by atoms with E-state index in [9.17, 15) is 0 Å². The number of nitrogens with one attached hydrogen (secondary N) is 2. The Balaban J connectivity index is 1.50. The van der Waals surface area contributed by atoms with Crippen LogP contribution in [-0.4, -0.2) is 44.1 Å². The summed E-state index contributed by atoms with van der Waals surface area (Å²) in [6.07, 6.45) is 10.5. The molecule has 2 N–H and O–H groups in total. The van der Waals surface area contributed by atoms with Gasteiger partial charge < -0.3 is 9.40 Å². The largest absolute Gasteiger partial charge is 0.472 e. The number of hydrogen-bond acceptors (Lipinski definition) is 6. The van der Waals surface area contributed by atoms with E-state index >= 15 is 0 Å². The number of imidazole rings is 1. The third kappa shape index (κ3) is 2.66. The van der Waals surface area contributed by atoms with Crippen LogP contribution in [0.2, 0.25) is 0 Å². The summed E-state index contributed by atoms with van der Waals surface area (Å²) in [6.45, 7) is 0.609. The standard InChI is InChI=1S/C22H15N7O/c1-2-18-16(11-13(1)17-4-6-23-8-9-24-17)20(29-28-18)22-26-19-15(14-5-10-30-12-14)3-7-25-21(19)27-22/h1-5,7-12H,6H2,(H,28,29)(H,25,26,27). The Morgan fingerprint density at radius 1 is 1.03 bits per heavy atom. The van der Waals surface area contributed by atoms with E-state index in [0.29, 0.717) is 18.0 Å². The van der Waals surface area contributed by atoms with E-state index in [1.54, 1.807) is 31.2 Å². The van der Waals surface area contributed by atoms with Crippen LogP contribution < -0.4 is 0 Å². The minimum atomic E-state index is 0.609. The molecule has 4 aromatic heterocycles. The number of nitrogens with zero attached hydrogens (tertiary/aromatic N) is 5. The highest BCUT2D eigenvalue weighted by Crippen LogP contribution is 2.32. The van der Waals surface area contributed by atoms with Crippen molar-refractivity contribution in [1.29, 1.82) is 0 Å². The fraction of sp³-hybridized carbons (Fsp3) is 0.0455. The van der Waals surface area contributed by atoms with Gasteiger partial charge >= 0.3 is 0 Å². The zero-order valence-electron chi connectivity index (χ0n) is 15.7.